The predicted octanol–water partition coefficient (Wildman–Crippen LogP) is 3.43. The van der Waals surface area contributed by atoms with Gasteiger partial charge in [0.2, 0.25) is 15.9 Å². The van der Waals surface area contributed by atoms with Crippen molar-refractivity contribution in [1.29, 1.82) is 0 Å². The molecule has 180 valence electrons. The highest BCUT2D eigenvalue weighted by atomic mass is 32.2. The van der Waals surface area contributed by atoms with Gasteiger partial charge in [0.25, 0.3) is 0 Å². The van der Waals surface area contributed by atoms with Gasteiger partial charge in [-0.1, -0.05) is 13.8 Å². The molecule has 5 rings (SSSR count). The predicted molar refractivity (Wildman–Crippen MR) is 132 cm³/mol. The van der Waals surface area contributed by atoms with E-state index in [1.807, 2.05) is 35.2 Å². The first-order chi connectivity index (χ1) is 16.1. The smallest absolute Gasteiger partial charge is 0.243 e. The van der Waals surface area contributed by atoms with Gasteiger partial charge in [0.05, 0.1) is 4.90 Å². The number of piperazine rings is 1. The highest BCUT2D eigenvalue weighted by Crippen LogP contribution is 2.44. The molecule has 2 heterocycles. The van der Waals surface area contributed by atoms with Crippen LogP contribution >= 0.6 is 0 Å². The van der Waals surface area contributed by atoms with Crippen molar-refractivity contribution < 1.29 is 18.0 Å². The molecular formula is C26H31N3O4S. The lowest BCUT2D eigenvalue weighted by Gasteiger charge is -2.35. The van der Waals surface area contributed by atoms with Gasteiger partial charge in [0, 0.05) is 61.0 Å². The van der Waals surface area contributed by atoms with Gasteiger partial charge in [-0.25, -0.2) is 8.42 Å². The number of fused-ring (bicyclic) bond motifs is 1. The zero-order chi connectivity index (χ0) is 24.3. The first kappa shape index (κ1) is 23.1. The van der Waals surface area contributed by atoms with Gasteiger partial charge in [0.1, 0.15) is 0 Å². The number of Topliss-reactive ketones (excluding diaryl/α,β-unsaturated/α-hetero) is 1. The van der Waals surface area contributed by atoms with Crippen LogP contribution in [0.3, 0.4) is 0 Å². The maximum absolute atomic E-state index is 13.5. The van der Waals surface area contributed by atoms with Crippen molar-refractivity contribution in [3.8, 4) is 0 Å². The fraction of sp³-hybridized carbons (Fsp3) is 0.462. The molecule has 1 amide bonds. The van der Waals surface area contributed by atoms with Crippen LogP contribution in [0.5, 0.6) is 0 Å². The molecule has 0 aromatic heterocycles. The van der Waals surface area contributed by atoms with Crippen LogP contribution in [0.15, 0.2) is 47.4 Å². The van der Waals surface area contributed by atoms with E-state index in [1.54, 1.807) is 23.4 Å². The number of hydrogen-bond donors (Lipinski definition) is 0. The Labute approximate surface area is 201 Å². The number of hydrogen-bond acceptors (Lipinski definition) is 5. The van der Waals surface area contributed by atoms with Crippen LogP contribution in [0.2, 0.25) is 0 Å². The van der Waals surface area contributed by atoms with Crippen molar-refractivity contribution in [3.05, 3.63) is 53.6 Å². The van der Waals surface area contributed by atoms with Crippen LogP contribution < -0.4 is 9.80 Å². The summed E-state index contributed by atoms with van der Waals surface area (Å²) in [6.45, 7) is 8.21. The van der Waals surface area contributed by atoms with E-state index >= 15 is 0 Å². The van der Waals surface area contributed by atoms with E-state index in [4.69, 9.17) is 0 Å². The minimum Gasteiger partial charge on any atom is -0.369 e. The molecule has 1 saturated carbocycles. The maximum Gasteiger partial charge on any atom is 0.243 e. The van der Waals surface area contributed by atoms with Gasteiger partial charge in [-0.3, -0.25) is 9.59 Å². The average Bonchev–Trinajstić information content (AvgIpc) is 3.64. The molecule has 2 aromatic carbocycles. The Morgan fingerprint density at radius 2 is 1.59 bits per heavy atom. The molecule has 0 bridgehead atoms. The molecule has 2 fully saturated rings. The van der Waals surface area contributed by atoms with Crippen LogP contribution in [0.1, 0.15) is 49.5 Å². The molecule has 0 unspecified atom stereocenters. The summed E-state index contributed by atoms with van der Waals surface area (Å²) in [5, 5.41) is 0. The first-order valence-electron chi connectivity index (χ1n) is 11.9. The quantitative estimate of drug-likeness (QED) is 0.612. The van der Waals surface area contributed by atoms with Crippen molar-refractivity contribution in [3.63, 3.8) is 0 Å². The number of nitrogens with zero attached hydrogens (tertiary/aromatic N) is 3. The van der Waals surface area contributed by atoms with Crippen molar-refractivity contribution in [1.82, 2.24) is 4.31 Å². The minimum absolute atomic E-state index is 0.0278. The second-order valence-electron chi connectivity index (χ2n) is 10.3. The molecule has 34 heavy (non-hydrogen) atoms. The average molecular weight is 482 g/mol. The summed E-state index contributed by atoms with van der Waals surface area (Å²) >= 11 is 0. The van der Waals surface area contributed by atoms with E-state index in [1.165, 1.54) is 0 Å². The van der Waals surface area contributed by atoms with E-state index in [2.05, 4.69) is 18.7 Å². The molecule has 0 spiro atoms. The number of benzene rings is 2. The Hall–Kier alpha value is -2.71. The number of ketones is 1. The molecule has 0 radical (unpaired) electrons. The van der Waals surface area contributed by atoms with Crippen molar-refractivity contribution in [2.45, 2.75) is 43.9 Å². The lowest BCUT2D eigenvalue weighted by molar-refractivity contribution is -0.119. The zero-order valence-electron chi connectivity index (χ0n) is 20.0. The third kappa shape index (κ3) is 4.03. The summed E-state index contributed by atoms with van der Waals surface area (Å²) in [6.07, 6.45) is 1.90. The van der Waals surface area contributed by atoms with Crippen molar-refractivity contribution >= 4 is 33.1 Å². The zero-order valence-corrected chi connectivity index (χ0v) is 20.8. The number of sulfonamides is 1. The summed E-state index contributed by atoms with van der Waals surface area (Å²) in [4.78, 5) is 28.6. The molecular weight excluding hydrogens is 450 g/mol. The number of amides is 1. The lowest BCUT2D eigenvalue weighted by atomic mass is 9.87. The Morgan fingerprint density at radius 3 is 2.18 bits per heavy atom. The molecule has 2 aliphatic heterocycles. The fourth-order valence-electron chi connectivity index (χ4n) is 5.01. The Morgan fingerprint density at radius 1 is 0.941 bits per heavy atom. The number of anilines is 2. The topological polar surface area (TPSA) is 78.0 Å². The Bertz CT molecular complexity index is 1240. The molecule has 7 nitrogen and oxygen atoms in total. The van der Waals surface area contributed by atoms with Crippen molar-refractivity contribution in [2.75, 3.05) is 42.5 Å². The van der Waals surface area contributed by atoms with Crippen LogP contribution in [0.4, 0.5) is 11.4 Å². The third-order valence-corrected chi connectivity index (χ3v) is 9.14. The van der Waals surface area contributed by atoms with Crippen LogP contribution in [0.25, 0.3) is 0 Å². The molecule has 3 aliphatic rings. The van der Waals surface area contributed by atoms with Crippen LogP contribution in [-0.4, -0.2) is 57.1 Å². The SMILES string of the molecule is CC(=O)c1ccc(N2CCN(S(=O)(=O)c3ccc4c(c3)C(C)(C)CN4C(=O)C3CC3)CC2)cc1. The lowest BCUT2D eigenvalue weighted by Crippen LogP contribution is -2.48. The number of carbonyl (C=O) groups is 2. The van der Waals surface area contributed by atoms with Gasteiger partial charge in [-0.05, 0) is 67.8 Å². The maximum atomic E-state index is 13.5. The van der Waals surface area contributed by atoms with E-state index < -0.39 is 10.0 Å². The van der Waals surface area contributed by atoms with Gasteiger partial charge in [-0.15, -0.1) is 0 Å². The molecule has 0 atom stereocenters. The highest BCUT2D eigenvalue weighted by molar-refractivity contribution is 7.89. The summed E-state index contributed by atoms with van der Waals surface area (Å²) in [5.41, 5.74) is 3.13. The molecule has 2 aromatic rings. The van der Waals surface area contributed by atoms with Gasteiger partial charge >= 0.3 is 0 Å². The third-order valence-electron chi connectivity index (χ3n) is 7.25. The monoisotopic (exact) mass is 481 g/mol. The summed E-state index contributed by atoms with van der Waals surface area (Å²) in [7, 11) is -3.64. The van der Waals surface area contributed by atoms with Gasteiger partial charge in [-0.2, -0.15) is 4.31 Å². The fourth-order valence-corrected chi connectivity index (χ4v) is 6.46. The summed E-state index contributed by atoms with van der Waals surface area (Å²) in [5.74, 6) is 0.315. The van der Waals surface area contributed by atoms with E-state index in [-0.39, 0.29) is 23.0 Å². The van der Waals surface area contributed by atoms with E-state index in [0.29, 0.717) is 43.2 Å². The van der Waals surface area contributed by atoms with E-state index in [9.17, 15) is 18.0 Å². The minimum atomic E-state index is -3.64. The molecule has 1 aliphatic carbocycles. The second-order valence-corrected chi connectivity index (χ2v) is 12.2. The Balaban J connectivity index is 1.33. The molecule has 8 heteroatoms. The summed E-state index contributed by atoms with van der Waals surface area (Å²) < 4.78 is 28.5. The molecule has 1 saturated heterocycles. The largest absolute Gasteiger partial charge is 0.369 e. The number of rotatable bonds is 5. The first-order valence-corrected chi connectivity index (χ1v) is 13.3. The normalized spacial score (nSPS) is 20.3. The van der Waals surface area contributed by atoms with Gasteiger partial charge in [0.15, 0.2) is 5.78 Å². The Kier molecular flexibility index (Phi) is 5.56. The summed E-state index contributed by atoms with van der Waals surface area (Å²) in [6, 6.07) is 12.7. The van der Waals surface area contributed by atoms with Crippen molar-refractivity contribution in [2.24, 2.45) is 5.92 Å². The number of carbonyl (C=O) groups excluding carboxylic acids is 2. The molecule has 0 N–H and O–H groups in total. The van der Waals surface area contributed by atoms with Crippen LogP contribution in [0, 0.1) is 5.92 Å². The van der Waals surface area contributed by atoms with E-state index in [0.717, 1.165) is 29.8 Å². The second kappa shape index (κ2) is 8.20. The highest BCUT2D eigenvalue weighted by Gasteiger charge is 2.43. The van der Waals surface area contributed by atoms with Crippen LogP contribution in [-0.2, 0) is 20.2 Å². The van der Waals surface area contributed by atoms with Gasteiger partial charge < -0.3 is 9.80 Å². The standard InChI is InChI=1S/C26H31N3O4S/c1-18(30)19-6-8-21(9-7-19)27-12-14-28(15-13-27)34(32,33)22-10-11-24-23(16-22)26(2,3)17-29(24)25(31)20-4-5-20/h6-11,16,20H,4-5,12-15,17H2,1-3H3.